The Balaban J connectivity index is 0.000000300. The van der Waals surface area contributed by atoms with E-state index in [4.69, 9.17) is 5.73 Å². The monoisotopic (exact) mass is 414 g/mol. The summed E-state index contributed by atoms with van der Waals surface area (Å²) in [4.78, 5) is 2.27. The van der Waals surface area contributed by atoms with Crippen LogP contribution < -0.4 is 10.6 Å². The SMILES string of the molecule is Nc1ccccc1.c1ccc(-c2ccc(N(c3ccccc3)c3ccccc3)cc2)cc1. The van der Waals surface area contributed by atoms with E-state index in [1.807, 2.05) is 48.5 Å². The van der Waals surface area contributed by atoms with Crippen molar-refractivity contribution in [2.45, 2.75) is 0 Å². The standard InChI is InChI=1S/C24H19N.C6H7N/c1-4-10-20(11-5-1)21-16-18-24(19-17-21)25(22-12-6-2-7-13-22)23-14-8-3-9-15-23;7-6-4-2-1-3-5-6/h1-19H;1-5H,7H2. The maximum absolute atomic E-state index is 5.36. The summed E-state index contributed by atoms with van der Waals surface area (Å²) in [6.07, 6.45) is 0. The van der Waals surface area contributed by atoms with Crippen LogP contribution in [0.4, 0.5) is 22.7 Å². The predicted molar refractivity (Wildman–Crippen MR) is 137 cm³/mol. The lowest BCUT2D eigenvalue weighted by Gasteiger charge is -2.25. The lowest BCUT2D eigenvalue weighted by molar-refractivity contribution is 1.28. The molecule has 0 bridgehead atoms. The molecule has 0 aliphatic rings. The molecule has 0 aliphatic carbocycles. The molecule has 0 atom stereocenters. The average Bonchev–Trinajstić information content (AvgIpc) is 2.87. The highest BCUT2D eigenvalue weighted by atomic mass is 15.1. The van der Waals surface area contributed by atoms with Gasteiger partial charge in [-0.2, -0.15) is 0 Å². The molecule has 0 saturated carbocycles. The summed E-state index contributed by atoms with van der Waals surface area (Å²) >= 11 is 0. The second kappa shape index (κ2) is 10.6. The normalized spacial score (nSPS) is 10.0. The van der Waals surface area contributed by atoms with Crippen LogP contribution in [0.25, 0.3) is 11.1 Å². The molecular weight excluding hydrogens is 388 g/mol. The Morgan fingerprint density at radius 3 is 1.09 bits per heavy atom. The summed E-state index contributed by atoms with van der Waals surface area (Å²) in [5.74, 6) is 0. The Morgan fingerprint density at radius 1 is 0.344 bits per heavy atom. The molecule has 156 valence electrons. The fraction of sp³-hybridized carbons (Fsp3) is 0. The number of para-hydroxylation sites is 3. The molecule has 0 aromatic heterocycles. The zero-order valence-electron chi connectivity index (χ0n) is 17.9. The second-order valence-corrected chi connectivity index (χ2v) is 7.33. The van der Waals surface area contributed by atoms with Gasteiger partial charge in [-0.05, 0) is 59.7 Å². The van der Waals surface area contributed by atoms with Gasteiger partial charge >= 0.3 is 0 Å². The average molecular weight is 415 g/mol. The van der Waals surface area contributed by atoms with Crippen molar-refractivity contribution in [3.63, 3.8) is 0 Å². The first-order valence-corrected chi connectivity index (χ1v) is 10.7. The lowest BCUT2D eigenvalue weighted by atomic mass is 10.0. The van der Waals surface area contributed by atoms with E-state index in [-0.39, 0.29) is 0 Å². The Hall–Kier alpha value is -4.30. The van der Waals surface area contributed by atoms with E-state index in [0.717, 1.165) is 22.7 Å². The van der Waals surface area contributed by atoms with E-state index >= 15 is 0 Å². The number of nitrogens with two attached hydrogens (primary N) is 1. The third kappa shape index (κ3) is 5.44. The van der Waals surface area contributed by atoms with E-state index in [2.05, 4.69) is 102 Å². The van der Waals surface area contributed by atoms with Crippen LogP contribution in [0.3, 0.4) is 0 Å². The fourth-order valence-electron chi connectivity index (χ4n) is 3.49. The molecular formula is C30H26N2. The highest BCUT2D eigenvalue weighted by molar-refractivity contribution is 5.78. The van der Waals surface area contributed by atoms with E-state index in [1.54, 1.807) is 0 Å². The Kier molecular flexibility index (Phi) is 6.97. The van der Waals surface area contributed by atoms with Gasteiger partial charge in [0.15, 0.2) is 0 Å². The predicted octanol–water partition coefficient (Wildman–Crippen LogP) is 8.09. The number of hydrogen-bond acceptors (Lipinski definition) is 2. The van der Waals surface area contributed by atoms with Crippen molar-refractivity contribution in [2.24, 2.45) is 0 Å². The maximum Gasteiger partial charge on any atom is 0.0462 e. The van der Waals surface area contributed by atoms with Crippen molar-refractivity contribution in [1.29, 1.82) is 0 Å². The van der Waals surface area contributed by atoms with Crippen molar-refractivity contribution in [3.8, 4) is 11.1 Å². The molecule has 2 nitrogen and oxygen atoms in total. The van der Waals surface area contributed by atoms with Crippen molar-refractivity contribution >= 4 is 22.7 Å². The fourth-order valence-corrected chi connectivity index (χ4v) is 3.49. The van der Waals surface area contributed by atoms with Gasteiger partial charge in [-0.25, -0.2) is 0 Å². The van der Waals surface area contributed by atoms with E-state index in [9.17, 15) is 0 Å². The van der Waals surface area contributed by atoms with Gasteiger partial charge < -0.3 is 10.6 Å². The second-order valence-electron chi connectivity index (χ2n) is 7.33. The summed E-state index contributed by atoms with van der Waals surface area (Å²) < 4.78 is 0. The summed E-state index contributed by atoms with van der Waals surface area (Å²) in [6, 6.07) is 49.6. The summed E-state index contributed by atoms with van der Waals surface area (Å²) in [6.45, 7) is 0. The molecule has 0 amide bonds. The molecule has 0 spiro atoms. The van der Waals surface area contributed by atoms with Gasteiger partial charge in [0.25, 0.3) is 0 Å². The number of benzene rings is 5. The molecule has 0 aliphatic heterocycles. The number of rotatable bonds is 4. The zero-order chi connectivity index (χ0) is 22.0. The van der Waals surface area contributed by atoms with Crippen LogP contribution in [0, 0.1) is 0 Å². The van der Waals surface area contributed by atoms with Crippen LogP contribution in [-0.4, -0.2) is 0 Å². The van der Waals surface area contributed by atoms with Crippen LogP contribution in [0.15, 0.2) is 146 Å². The first-order valence-electron chi connectivity index (χ1n) is 10.7. The molecule has 5 aromatic carbocycles. The van der Waals surface area contributed by atoms with E-state index in [0.29, 0.717) is 0 Å². The van der Waals surface area contributed by atoms with Crippen LogP contribution in [0.5, 0.6) is 0 Å². The van der Waals surface area contributed by atoms with Gasteiger partial charge in [-0.1, -0.05) is 97.1 Å². The van der Waals surface area contributed by atoms with Crippen LogP contribution in [0.1, 0.15) is 0 Å². The summed E-state index contributed by atoms with van der Waals surface area (Å²) in [7, 11) is 0. The quantitative estimate of drug-likeness (QED) is 0.301. The third-order valence-electron chi connectivity index (χ3n) is 5.06. The van der Waals surface area contributed by atoms with Crippen molar-refractivity contribution in [1.82, 2.24) is 0 Å². The van der Waals surface area contributed by atoms with Gasteiger partial charge in [-0.15, -0.1) is 0 Å². The molecule has 2 heteroatoms. The third-order valence-corrected chi connectivity index (χ3v) is 5.06. The Bertz CT molecular complexity index is 1150. The lowest BCUT2D eigenvalue weighted by Crippen LogP contribution is -2.09. The minimum Gasteiger partial charge on any atom is -0.399 e. The smallest absolute Gasteiger partial charge is 0.0462 e. The van der Waals surface area contributed by atoms with E-state index < -0.39 is 0 Å². The van der Waals surface area contributed by atoms with E-state index in [1.165, 1.54) is 11.1 Å². The highest BCUT2D eigenvalue weighted by Crippen LogP contribution is 2.35. The molecule has 5 aromatic rings. The van der Waals surface area contributed by atoms with Gasteiger partial charge in [0.2, 0.25) is 0 Å². The van der Waals surface area contributed by atoms with Crippen LogP contribution in [-0.2, 0) is 0 Å². The number of nitrogen functional groups attached to an aromatic ring is 1. The minimum atomic E-state index is 0.822. The van der Waals surface area contributed by atoms with Gasteiger partial charge in [0.05, 0.1) is 0 Å². The molecule has 0 radical (unpaired) electrons. The van der Waals surface area contributed by atoms with Gasteiger partial charge in [0.1, 0.15) is 0 Å². The molecule has 0 heterocycles. The van der Waals surface area contributed by atoms with Crippen molar-refractivity contribution in [2.75, 3.05) is 10.6 Å². The topological polar surface area (TPSA) is 29.3 Å². The number of hydrogen-bond donors (Lipinski definition) is 1. The molecule has 2 N–H and O–H groups in total. The summed E-state index contributed by atoms with van der Waals surface area (Å²) in [5, 5.41) is 0. The van der Waals surface area contributed by atoms with Crippen molar-refractivity contribution in [3.05, 3.63) is 146 Å². The molecule has 0 saturated heterocycles. The summed E-state index contributed by atoms with van der Waals surface area (Å²) in [5.41, 5.74) is 12.1. The van der Waals surface area contributed by atoms with Crippen molar-refractivity contribution < 1.29 is 0 Å². The molecule has 0 unspecified atom stereocenters. The molecule has 5 rings (SSSR count). The largest absolute Gasteiger partial charge is 0.399 e. The van der Waals surface area contributed by atoms with Gasteiger partial charge in [-0.3, -0.25) is 0 Å². The first kappa shape index (κ1) is 21.0. The number of anilines is 4. The van der Waals surface area contributed by atoms with Crippen LogP contribution >= 0.6 is 0 Å². The highest BCUT2D eigenvalue weighted by Gasteiger charge is 2.11. The van der Waals surface area contributed by atoms with Crippen LogP contribution in [0.2, 0.25) is 0 Å². The minimum absolute atomic E-state index is 0.822. The molecule has 32 heavy (non-hydrogen) atoms. The van der Waals surface area contributed by atoms with Gasteiger partial charge in [0, 0.05) is 22.7 Å². The zero-order valence-corrected chi connectivity index (χ0v) is 17.9. The Morgan fingerprint density at radius 2 is 0.688 bits per heavy atom. The maximum atomic E-state index is 5.36. The molecule has 0 fully saturated rings. The number of nitrogens with zero attached hydrogens (tertiary/aromatic N) is 1. The first-order chi connectivity index (χ1) is 15.8. The Labute approximate surface area is 190 Å².